The summed E-state index contributed by atoms with van der Waals surface area (Å²) in [4.78, 5) is 12.3. The fourth-order valence-electron chi connectivity index (χ4n) is 3.19. The number of hydrogen-bond donors (Lipinski definition) is 1. The number of rotatable bonds is 4. The molecule has 0 spiro atoms. The highest BCUT2D eigenvalue weighted by Crippen LogP contribution is 2.29. The molecule has 3 aromatic rings. The summed E-state index contributed by atoms with van der Waals surface area (Å²) in [5.74, 6) is 0.712. The van der Waals surface area contributed by atoms with Gasteiger partial charge in [-0.1, -0.05) is 30.6 Å². The third-order valence-electron chi connectivity index (χ3n) is 4.53. The van der Waals surface area contributed by atoms with Crippen LogP contribution >= 0.6 is 11.3 Å². The van der Waals surface area contributed by atoms with Crippen molar-refractivity contribution in [3.63, 3.8) is 0 Å². The molecule has 1 N–H and O–H groups in total. The van der Waals surface area contributed by atoms with Crippen LogP contribution in [-0.2, 0) is 0 Å². The lowest BCUT2D eigenvalue weighted by Crippen LogP contribution is -2.21. The largest absolute Gasteiger partial charge is 0.497 e. The van der Waals surface area contributed by atoms with Crippen molar-refractivity contribution in [1.29, 1.82) is 0 Å². The average Bonchev–Trinajstić information content (AvgIpc) is 3.10. The van der Waals surface area contributed by atoms with Gasteiger partial charge in [0.25, 0.3) is 0 Å². The molecule has 2 heterocycles. The van der Waals surface area contributed by atoms with Gasteiger partial charge < -0.3 is 14.5 Å². The van der Waals surface area contributed by atoms with Gasteiger partial charge in [0, 0.05) is 11.4 Å². The highest BCUT2D eigenvalue weighted by atomic mass is 32.1. The summed E-state index contributed by atoms with van der Waals surface area (Å²) in [5, 5.41) is 13.9. The molecule has 7 heteroatoms. The van der Waals surface area contributed by atoms with Gasteiger partial charge in [-0.05, 0) is 37.1 Å². The Bertz CT molecular complexity index is 944. The summed E-state index contributed by atoms with van der Waals surface area (Å²) in [6.45, 7) is 0. The van der Waals surface area contributed by atoms with Crippen LogP contribution in [0.1, 0.15) is 32.1 Å². The Morgan fingerprint density at radius 3 is 2.84 bits per heavy atom. The first-order chi connectivity index (χ1) is 12.2. The van der Waals surface area contributed by atoms with Crippen LogP contribution in [0.3, 0.4) is 0 Å². The highest BCUT2D eigenvalue weighted by Gasteiger charge is 2.17. The maximum Gasteiger partial charge on any atom is 0.346 e. The first kappa shape index (κ1) is 16.1. The Morgan fingerprint density at radius 1 is 1.20 bits per heavy atom. The van der Waals surface area contributed by atoms with Crippen LogP contribution in [0.25, 0.3) is 21.5 Å². The minimum atomic E-state index is -0.405. The number of aromatic nitrogens is 2. The van der Waals surface area contributed by atoms with Gasteiger partial charge >= 0.3 is 5.63 Å². The molecular formula is C18H19N3O3S. The van der Waals surface area contributed by atoms with E-state index in [0.29, 0.717) is 27.9 Å². The van der Waals surface area contributed by atoms with Crippen LogP contribution in [0, 0.1) is 0 Å². The number of methoxy groups -OCH3 is 1. The molecule has 0 bridgehead atoms. The number of fused-ring (bicyclic) bond motifs is 1. The topological polar surface area (TPSA) is 77.2 Å². The molecule has 0 amide bonds. The van der Waals surface area contributed by atoms with E-state index in [9.17, 15) is 4.79 Å². The van der Waals surface area contributed by atoms with Gasteiger partial charge in [0.1, 0.15) is 11.3 Å². The van der Waals surface area contributed by atoms with Crippen molar-refractivity contribution >= 4 is 27.4 Å². The first-order valence-corrected chi connectivity index (χ1v) is 9.27. The van der Waals surface area contributed by atoms with E-state index >= 15 is 0 Å². The number of hydrogen-bond acceptors (Lipinski definition) is 7. The average molecular weight is 357 g/mol. The third-order valence-corrected chi connectivity index (χ3v) is 5.42. The van der Waals surface area contributed by atoms with E-state index in [1.54, 1.807) is 25.3 Å². The van der Waals surface area contributed by atoms with Crippen molar-refractivity contribution in [2.75, 3.05) is 12.4 Å². The van der Waals surface area contributed by atoms with Gasteiger partial charge in [0.05, 0.1) is 12.7 Å². The summed E-state index contributed by atoms with van der Waals surface area (Å²) >= 11 is 1.39. The van der Waals surface area contributed by atoms with Crippen molar-refractivity contribution in [2.45, 2.75) is 38.1 Å². The molecule has 0 unspecified atom stereocenters. The van der Waals surface area contributed by atoms with Gasteiger partial charge in [-0.3, -0.25) is 0 Å². The molecule has 25 heavy (non-hydrogen) atoms. The predicted octanol–water partition coefficient (Wildman–Crippen LogP) is 4.06. The monoisotopic (exact) mass is 357 g/mol. The van der Waals surface area contributed by atoms with E-state index in [-0.39, 0.29) is 0 Å². The van der Waals surface area contributed by atoms with Crippen LogP contribution in [-0.4, -0.2) is 23.3 Å². The van der Waals surface area contributed by atoms with Crippen LogP contribution in [0.2, 0.25) is 0 Å². The molecule has 130 valence electrons. The predicted molar refractivity (Wildman–Crippen MR) is 98.4 cm³/mol. The van der Waals surface area contributed by atoms with E-state index in [0.717, 1.165) is 23.4 Å². The molecule has 4 rings (SSSR count). The zero-order valence-electron chi connectivity index (χ0n) is 13.9. The summed E-state index contributed by atoms with van der Waals surface area (Å²) in [6, 6.07) is 7.57. The molecule has 1 fully saturated rings. The fraction of sp³-hybridized carbons (Fsp3) is 0.389. The molecule has 1 saturated carbocycles. The Morgan fingerprint density at radius 2 is 2.04 bits per heavy atom. The number of nitrogens with zero attached hydrogens (tertiary/aromatic N) is 2. The standard InChI is InChI=1S/C18H19N3O3S/c1-23-13-7-8-15-11(9-13)10-14(17(22)24-15)16-20-21-18(25-16)19-12-5-3-2-4-6-12/h7-10,12H,2-6H2,1H3,(H,19,21). The van der Waals surface area contributed by atoms with Crippen molar-refractivity contribution < 1.29 is 9.15 Å². The van der Waals surface area contributed by atoms with E-state index < -0.39 is 5.63 Å². The number of nitrogens with one attached hydrogen (secondary N) is 1. The Balaban J connectivity index is 1.64. The van der Waals surface area contributed by atoms with Crippen LogP contribution in [0.5, 0.6) is 5.75 Å². The summed E-state index contributed by atoms with van der Waals surface area (Å²) in [5.41, 5.74) is 0.549. The van der Waals surface area contributed by atoms with Crippen LogP contribution in [0.15, 0.2) is 33.5 Å². The number of benzene rings is 1. The van der Waals surface area contributed by atoms with E-state index in [4.69, 9.17) is 9.15 Å². The molecular weight excluding hydrogens is 338 g/mol. The number of ether oxygens (including phenoxy) is 1. The van der Waals surface area contributed by atoms with Crippen molar-refractivity contribution in [3.05, 3.63) is 34.7 Å². The molecule has 0 saturated heterocycles. The maximum absolute atomic E-state index is 12.3. The molecule has 1 aliphatic rings. The molecule has 2 aromatic heterocycles. The number of anilines is 1. The second kappa shape index (κ2) is 6.84. The van der Waals surface area contributed by atoms with Crippen molar-refractivity contribution in [2.24, 2.45) is 0 Å². The summed E-state index contributed by atoms with van der Waals surface area (Å²) in [6.07, 6.45) is 6.12. The van der Waals surface area contributed by atoms with Gasteiger partial charge in [-0.2, -0.15) is 0 Å². The Hall–Kier alpha value is -2.41. The summed E-state index contributed by atoms with van der Waals surface area (Å²) in [7, 11) is 1.61. The van der Waals surface area contributed by atoms with Crippen molar-refractivity contribution in [1.82, 2.24) is 10.2 Å². The Labute approximate surface area is 148 Å². The normalized spacial score (nSPS) is 15.4. The third kappa shape index (κ3) is 3.37. The van der Waals surface area contributed by atoms with Gasteiger partial charge in [-0.25, -0.2) is 4.79 Å². The zero-order chi connectivity index (χ0) is 17.2. The lowest BCUT2D eigenvalue weighted by Gasteiger charge is -2.21. The first-order valence-electron chi connectivity index (χ1n) is 8.45. The van der Waals surface area contributed by atoms with E-state index in [2.05, 4.69) is 15.5 Å². The molecule has 6 nitrogen and oxygen atoms in total. The molecule has 0 aliphatic heterocycles. The second-order valence-corrected chi connectivity index (χ2v) is 7.22. The zero-order valence-corrected chi connectivity index (χ0v) is 14.8. The van der Waals surface area contributed by atoms with Crippen LogP contribution < -0.4 is 15.7 Å². The lowest BCUT2D eigenvalue weighted by molar-refractivity contribution is 0.415. The minimum Gasteiger partial charge on any atom is -0.497 e. The maximum atomic E-state index is 12.3. The smallest absolute Gasteiger partial charge is 0.346 e. The molecule has 1 aromatic carbocycles. The lowest BCUT2D eigenvalue weighted by atomic mass is 9.96. The second-order valence-electron chi connectivity index (χ2n) is 6.24. The highest BCUT2D eigenvalue weighted by molar-refractivity contribution is 7.18. The quantitative estimate of drug-likeness (QED) is 0.710. The fourth-order valence-corrected chi connectivity index (χ4v) is 4.01. The van der Waals surface area contributed by atoms with Gasteiger partial charge in [0.2, 0.25) is 5.13 Å². The van der Waals surface area contributed by atoms with E-state index in [1.807, 2.05) is 6.07 Å². The summed E-state index contributed by atoms with van der Waals surface area (Å²) < 4.78 is 10.6. The van der Waals surface area contributed by atoms with Gasteiger partial charge in [0.15, 0.2) is 5.01 Å². The van der Waals surface area contributed by atoms with Crippen LogP contribution in [0.4, 0.5) is 5.13 Å². The molecule has 0 atom stereocenters. The SMILES string of the molecule is COc1ccc2oc(=O)c(-c3nnc(NC4CCCCC4)s3)cc2c1. The van der Waals surface area contributed by atoms with Crippen molar-refractivity contribution in [3.8, 4) is 16.3 Å². The Kier molecular flexibility index (Phi) is 4.40. The molecule has 0 radical (unpaired) electrons. The minimum absolute atomic E-state index is 0.405. The molecule has 1 aliphatic carbocycles. The van der Waals surface area contributed by atoms with Gasteiger partial charge in [-0.15, -0.1) is 10.2 Å². The van der Waals surface area contributed by atoms with E-state index in [1.165, 1.54) is 30.6 Å².